The van der Waals surface area contributed by atoms with Gasteiger partial charge in [-0.15, -0.1) is 11.8 Å². The highest BCUT2D eigenvalue weighted by Gasteiger charge is 2.33. The number of nitrogens with zero attached hydrogens (tertiary/aromatic N) is 2. The van der Waals surface area contributed by atoms with Crippen molar-refractivity contribution in [2.45, 2.75) is 37.8 Å². The molecule has 0 aliphatic carbocycles. The number of allylic oxidation sites excluding steroid dienone is 1. The van der Waals surface area contributed by atoms with Gasteiger partial charge >= 0.3 is 5.97 Å². The number of carbonyl (C=O) groups excluding carboxylic acids is 1. The first-order chi connectivity index (χ1) is 17.3. The van der Waals surface area contributed by atoms with Crippen LogP contribution in [0.3, 0.4) is 0 Å². The van der Waals surface area contributed by atoms with Gasteiger partial charge in [-0.25, -0.2) is 9.79 Å². The van der Waals surface area contributed by atoms with E-state index in [2.05, 4.69) is 4.99 Å². The minimum Gasteiger partial charge on any atom is -0.493 e. The summed E-state index contributed by atoms with van der Waals surface area (Å²) in [6.07, 6.45) is 3.50. The Labute approximate surface area is 217 Å². The number of fused-ring (bicyclic) bond motifs is 1. The predicted octanol–water partition coefficient (Wildman–Crippen LogP) is 3.93. The molecule has 0 N–H and O–H groups in total. The molecule has 1 aromatic heterocycles. The van der Waals surface area contributed by atoms with Gasteiger partial charge in [0.1, 0.15) is 0 Å². The van der Waals surface area contributed by atoms with Gasteiger partial charge in [0.15, 0.2) is 16.3 Å². The fourth-order valence-corrected chi connectivity index (χ4v) is 5.51. The number of thioether (sulfide) groups is 1. The summed E-state index contributed by atoms with van der Waals surface area (Å²) in [6, 6.07) is 12.7. The van der Waals surface area contributed by atoms with Gasteiger partial charge < -0.3 is 14.2 Å². The third-order valence-electron chi connectivity index (χ3n) is 5.72. The van der Waals surface area contributed by atoms with Crippen molar-refractivity contribution in [1.29, 1.82) is 0 Å². The van der Waals surface area contributed by atoms with E-state index in [4.69, 9.17) is 14.2 Å². The summed E-state index contributed by atoms with van der Waals surface area (Å²) in [4.78, 5) is 33.2. The third kappa shape index (κ3) is 4.99. The summed E-state index contributed by atoms with van der Waals surface area (Å²) in [5.41, 5.74) is 2.28. The molecule has 0 saturated carbocycles. The molecule has 1 aliphatic rings. The van der Waals surface area contributed by atoms with Gasteiger partial charge in [0.2, 0.25) is 0 Å². The van der Waals surface area contributed by atoms with Crippen molar-refractivity contribution in [3.8, 4) is 11.5 Å². The molecule has 0 saturated heterocycles. The Morgan fingerprint density at radius 1 is 1.11 bits per heavy atom. The largest absolute Gasteiger partial charge is 0.493 e. The molecule has 0 fully saturated rings. The van der Waals surface area contributed by atoms with Crippen molar-refractivity contribution in [3.05, 3.63) is 84.5 Å². The number of aromatic nitrogens is 1. The van der Waals surface area contributed by atoms with Gasteiger partial charge in [0.05, 0.1) is 42.2 Å². The minimum absolute atomic E-state index is 0.227. The molecule has 0 bridgehead atoms. The van der Waals surface area contributed by atoms with Gasteiger partial charge in [0, 0.05) is 4.90 Å². The van der Waals surface area contributed by atoms with Gasteiger partial charge in [-0.05, 0) is 68.5 Å². The first-order valence-corrected chi connectivity index (χ1v) is 13.4. The standard InChI is InChI=1S/C27H28N2O5S2/c1-15(2)34-26(31)23-16(3)28-27-29(24(23)18-8-10-19(35-6)11-9-18)25(30)22(36-27)14-17-7-12-20(32-4)21(13-17)33-5/h7-15,24H,1-6H3. The van der Waals surface area contributed by atoms with E-state index in [9.17, 15) is 9.59 Å². The zero-order chi connectivity index (χ0) is 26.0. The normalized spacial score (nSPS) is 15.5. The van der Waals surface area contributed by atoms with E-state index < -0.39 is 12.0 Å². The van der Waals surface area contributed by atoms with Crippen LogP contribution >= 0.6 is 23.1 Å². The van der Waals surface area contributed by atoms with Crippen LogP contribution in [0.15, 0.2) is 68.4 Å². The highest BCUT2D eigenvalue weighted by atomic mass is 32.2. The maximum absolute atomic E-state index is 13.7. The summed E-state index contributed by atoms with van der Waals surface area (Å²) >= 11 is 2.91. The second-order valence-corrected chi connectivity index (χ2v) is 10.3. The van der Waals surface area contributed by atoms with Crippen molar-refractivity contribution in [1.82, 2.24) is 4.57 Å². The Bertz CT molecular complexity index is 1500. The Morgan fingerprint density at radius 3 is 2.42 bits per heavy atom. The SMILES string of the molecule is COc1ccc(C=c2sc3n(c2=O)C(c2ccc(SC)cc2)C(C(=O)OC(C)C)=C(C)N=3)cc1OC. The fourth-order valence-electron chi connectivity index (χ4n) is 4.06. The lowest BCUT2D eigenvalue weighted by Crippen LogP contribution is -2.40. The lowest BCUT2D eigenvalue weighted by molar-refractivity contribution is -0.143. The second kappa shape index (κ2) is 10.8. The summed E-state index contributed by atoms with van der Waals surface area (Å²) in [6.45, 7) is 5.38. The van der Waals surface area contributed by atoms with Crippen molar-refractivity contribution in [2.24, 2.45) is 4.99 Å². The van der Waals surface area contributed by atoms with Crippen LogP contribution in [0.2, 0.25) is 0 Å². The molecular weight excluding hydrogens is 496 g/mol. The van der Waals surface area contributed by atoms with Crippen LogP contribution in [0.1, 0.15) is 37.9 Å². The van der Waals surface area contributed by atoms with Crippen LogP contribution in [-0.4, -0.2) is 37.1 Å². The van der Waals surface area contributed by atoms with E-state index in [1.165, 1.54) is 11.3 Å². The van der Waals surface area contributed by atoms with Crippen LogP contribution in [0, 0.1) is 0 Å². The molecule has 1 atom stereocenters. The molecule has 4 rings (SSSR count). The fraction of sp³-hybridized carbons (Fsp3) is 0.296. The number of esters is 1. The lowest BCUT2D eigenvalue weighted by atomic mass is 9.96. The Hall–Kier alpha value is -3.30. The molecule has 2 aromatic carbocycles. The van der Waals surface area contributed by atoms with Crippen LogP contribution in [-0.2, 0) is 9.53 Å². The van der Waals surface area contributed by atoms with Gasteiger partial charge in [0.25, 0.3) is 5.56 Å². The molecule has 188 valence electrons. The molecular formula is C27H28N2O5S2. The van der Waals surface area contributed by atoms with E-state index in [0.717, 1.165) is 16.0 Å². The Balaban J connectivity index is 1.91. The van der Waals surface area contributed by atoms with E-state index in [1.807, 2.05) is 42.7 Å². The molecule has 2 heterocycles. The van der Waals surface area contributed by atoms with E-state index >= 15 is 0 Å². The summed E-state index contributed by atoms with van der Waals surface area (Å²) in [5.74, 6) is 0.702. The molecule has 9 heteroatoms. The molecule has 7 nitrogen and oxygen atoms in total. The number of ether oxygens (including phenoxy) is 3. The predicted molar refractivity (Wildman–Crippen MR) is 143 cm³/mol. The number of hydrogen-bond acceptors (Lipinski definition) is 8. The number of carbonyl (C=O) groups is 1. The molecule has 1 aliphatic heterocycles. The molecule has 0 spiro atoms. The van der Waals surface area contributed by atoms with Crippen LogP contribution < -0.4 is 24.4 Å². The van der Waals surface area contributed by atoms with Crippen molar-refractivity contribution < 1.29 is 19.0 Å². The number of rotatable bonds is 7. The summed E-state index contributed by atoms with van der Waals surface area (Å²) in [7, 11) is 3.14. The third-order valence-corrected chi connectivity index (χ3v) is 7.45. The summed E-state index contributed by atoms with van der Waals surface area (Å²) in [5, 5.41) is 0. The average Bonchev–Trinajstić information content (AvgIpc) is 3.16. The van der Waals surface area contributed by atoms with E-state index in [1.54, 1.807) is 63.5 Å². The van der Waals surface area contributed by atoms with E-state index in [-0.39, 0.29) is 11.7 Å². The van der Waals surface area contributed by atoms with Gasteiger partial charge in [-0.2, -0.15) is 0 Å². The second-order valence-electron chi connectivity index (χ2n) is 8.42. The van der Waals surface area contributed by atoms with Crippen molar-refractivity contribution in [3.63, 3.8) is 0 Å². The number of benzene rings is 2. The first kappa shape index (κ1) is 25.8. The summed E-state index contributed by atoms with van der Waals surface area (Å²) < 4.78 is 18.4. The van der Waals surface area contributed by atoms with Crippen molar-refractivity contribution >= 4 is 35.1 Å². The first-order valence-electron chi connectivity index (χ1n) is 11.4. The maximum atomic E-state index is 13.7. The highest BCUT2D eigenvalue weighted by Crippen LogP contribution is 2.32. The maximum Gasteiger partial charge on any atom is 0.338 e. The lowest BCUT2D eigenvalue weighted by Gasteiger charge is -2.25. The Kier molecular flexibility index (Phi) is 7.70. The van der Waals surface area contributed by atoms with Crippen LogP contribution in [0.25, 0.3) is 6.08 Å². The zero-order valence-corrected chi connectivity index (χ0v) is 22.7. The number of methoxy groups -OCH3 is 2. The smallest absolute Gasteiger partial charge is 0.338 e. The molecule has 1 unspecified atom stereocenters. The zero-order valence-electron chi connectivity index (χ0n) is 21.0. The number of hydrogen-bond donors (Lipinski definition) is 0. The Morgan fingerprint density at radius 2 is 1.81 bits per heavy atom. The van der Waals surface area contributed by atoms with Crippen molar-refractivity contribution in [2.75, 3.05) is 20.5 Å². The molecule has 3 aromatic rings. The number of thiazole rings is 1. The highest BCUT2D eigenvalue weighted by molar-refractivity contribution is 7.98. The molecule has 0 radical (unpaired) electrons. The quantitative estimate of drug-likeness (QED) is 0.344. The van der Waals surface area contributed by atoms with Crippen LogP contribution in [0.4, 0.5) is 0 Å². The van der Waals surface area contributed by atoms with E-state index in [0.29, 0.717) is 32.1 Å². The van der Waals surface area contributed by atoms with Gasteiger partial charge in [-0.1, -0.05) is 29.5 Å². The van der Waals surface area contributed by atoms with Gasteiger partial charge in [-0.3, -0.25) is 9.36 Å². The monoisotopic (exact) mass is 524 g/mol. The van der Waals surface area contributed by atoms with Crippen LogP contribution in [0.5, 0.6) is 11.5 Å². The molecule has 0 amide bonds. The topological polar surface area (TPSA) is 79.1 Å². The molecule has 36 heavy (non-hydrogen) atoms. The average molecular weight is 525 g/mol. The minimum atomic E-state index is -0.643.